The number of aromatic nitrogens is 2. The standard InChI is InChI=1S/C16H26N4O3/c1-2-4-14-17-15(23-18-14)12-19-6-3-5-13(11-19)16(21)20-7-9-22-10-8-20/h13H,2-12H2,1H3/t13-/m1/s1. The minimum absolute atomic E-state index is 0.0832. The van der Waals surface area contributed by atoms with Gasteiger partial charge in [-0.15, -0.1) is 0 Å². The van der Waals surface area contributed by atoms with Gasteiger partial charge in [-0.05, 0) is 25.8 Å². The second-order valence-electron chi connectivity index (χ2n) is 6.37. The molecule has 2 fully saturated rings. The predicted molar refractivity (Wildman–Crippen MR) is 83.7 cm³/mol. The molecule has 0 radical (unpaired) electrons. The second-order valence-corrected chi connectivity index (χ2v) is 6.37. The molecule has 2 aliphatic rings. The molecule has 0 aliphatic carbocycles. The molecule has 0 unspecified atom stereocenters. The lowest BCUT2D eigenvalue weighted by Crippen LogP contribution is -2.48. The maximum atomic E-state index is 12.6. The molecule has 3 heterocycles. The SMILES string of the molecule is CCCc1noc(CN2CCC[C@@H](C(=O)N3CCOCC3)C2)n1. The van der Waals surface area contributed by atoms with Gasteiger partial charge in [-0.3, -0.25) is 9.69 Å². The summed E-state index contributed by atoms with van der Waals surface area (Å²) in [6.45, 7) is 7.26. The number of morpholine rings is 1. The summed E-state index contributed by atoms with van der Waals surface area (Å²) in [6.07, 6.45) is 3.87. The third-order valence-corrected chi connectivity index (χ3v) is 4.52. The van der Waals surface area contributed by atoms with Crippen LogP contribution in [0.15, 0.2) is 4.52 Å². The van der Waals surface area contributed by atoms with Crippen molar-refractivity contribution in [2.75, 3.05) is 39.4 Å². The molecule has 2 saturated heterocycles. The number of hydrogen-bond acceptors (Lipinski definition) is 6. The lowest BCUT2D eigenvalue weighted by atomic mass is 9.96. The van der Waals surface area contributed by atoms with Crippen molar-refractivity contribution in [3.8, 4) is 0 Å². The number of hydrogen-bond donors (Lipinski definition) is 0. The molecule has 0 saturated carbocycles. The fourth-order valence-corrected chi connectivity index (χ4v) is 3.31. The van der Waals surface area contributed by atoms with Crippen molar-refractivity contribution >= 4 is 5.91 Å². The number of carbonyl (C=O) groups excluding carboxylic acids is 1. The van der Waals surface area contributed by atoms with Gasteiger partial charge in [0.2, 0.25) is 11.8 Å². The van der Waals surface area contributed by atoms with Crippen LogP contribution in [-0.2, 0) is 22.5 Å². The molecule has 1 aromatic rings. The van der Waals surface area contributed by atoms with Crippen molar-refractivity contribution in [1.29, 1.82) is 0 Å². The van der Waals surface area contributed by atoms with E-state index in [1.807, 2.05) is 4.90 Å². The zero-order valence-electron chi connectivity index (χ0n) is 13.9. The normalized spacial score (nSPS) is 23.2. The summed E-state index contributed by atoms with van der Waals surface area (Å²) in [6, 6.07) is 0. The highest BCUT2D eigenvalue weighted by Crippen LogP contribution is 2.21. The van der Waals surface area contributed by atoms with Crippen molar-refractivity contribution in [3.63, 3.8) is 0 Å². The zero-order valence-corrected chi connectivity index (χ0v) is 13.9. The van der Waals surface area contributed by atoms with Crippen LogP contribution in [0.4, 0.5) is 0 Å². The van der Waals surface area contributed by atoms with Gasteiger partial charge in [-0.25, -0.2) is 0 Å². The minimum atomic E-state index is 0.0832. The predicted octanol–water partition coefficient (Wildman–Crippen LogP) is 1.09. The molecule has 0 spiro atoms. The highest BCUT2D eigenvalue weighted by molar-refractivity contribution is 5.79. The molecule has 1 amide bonds. The van der Waals surface area contributed by atoms with Crippen LogP contribution in [0.1, 0.15) is 37.9 Å². The number of nitrogens with zero attached hydrogens (tertiary/aromatic N) is 4. The largest absolute Gasteiger partial charge is 0.378 e. The van der Waals surface area contributed by atoms with Crippen molar-refractivity contribution < 1.29 is 14.1 Å². The van der Waals surface area contributed by atoms with E-state index < -0.39 is 0 Å². The average Bonchev–Trinajstić information content (AvgIpc) is 3.03. The quantitative estimate of drug-likeness (QED) is 0.808. The number of amides is 1. The fourth-order valence-electron chi connectivity index (χ4n) is 3.31. The van der Waals surface area contributed by atoms with Crippen LogP contribution in [0.5, 0.6) is 0 Å². The maximum Gasteiger partial charge on any atom is 0.240 e. The van der Waals surface area contributed by atoms with Crippen molar-refractivity contribution in [2.45, 2.75) is 39.2 Å². The molecule has 128 valence electrons. The van der Waals surface area contributed by atoms with Gasteiger partial charge in [0.15, 0.2) is 5.82 Å². The Kier molecular flexibility index (Phi) is 5.61. The van der Waals surface area contributed by atoms with Crippen LogP contribution in [0.25, 0.3) is 0 Å². The first-order chi connectivity index (χ1) is 11.3. The number of rotatable bonds is 5. The lowest BCUT2D eigenvalue weighted by Gasteiger charge is -2.35. The summed E-state index contributed by atoms with van der Waals surface area (Å²) >= 11 is 0. The molecule has 7 heteroatoms. The van der Waals surface area contributed by atoms with Crippen LogP contribution in [0.2, 0.25) is 0 Å². The summed E-state index contributed by atoms with van der Waals surface area (Å²) in [7, 11) is 0. The van der Waals surface area contributed by atoms with Gasteiger partial charge in [-0.2, -0.15) is 4.98 Å². The number of likely N-dealkylation sites (tertiary alicyclic amines) is 1. The molecule has 1 aromatic heterocycles. The van der Waals surface area contributed by atoms with Gasteiger partial charge in [0.25, 0.3) is 0 Å². The molecule has 2 aliphatic heterocycles. The van der Waals surface area contributed by atoms with E-state index in [0.29, 0.717) is 25.6 Å². The van der Waals surface area contributed by atoms with E-state index in [1.165, 1.54) is 0 Å². The summed E-state index contributed by atoms with van der Waals surface area (Å²) < 4.78 is 10.6. The van der Waals surface area contributed by atoms with E-state index in [4.69, 9.17) is 9.26 Å². The Balaban J connectivity index is 1.53. The van der Waals surface area contributed by atoms with E-state index in [2.05, 4.69) is 22.0 Å². The first-order valence-electron chi connectivity index (χ1n) is 8.66. The van der Waals surface area contributed by atoms with Crippen LogP contribution in [0, 0.1) is 5.92 Å². The number of aryl methyl sites for hydroxylation is 1. The summed E-state index contributed by atoms with van der Waals surface area (Å²) in [5.74, 6) is 1.79. The first kappa shape index (κ1) is 16.4. The Bertz CT molecular complexity index is 513. The Labute approximate surface area is 137 Å². The van der Waals surface area contributed by atoms with E-state index in [0.717, 1.165) is 57.7 Å². The first-order valence-corrected chi connectivity index (χ1v) is 8.66. The van der Waals surface area contributed by atoms with E-state index >= 15 is 0 Å². The van der Waals surface area contributed by atoms with Crippen molar-refractivity contribution in [2.24, 2.45) is 5.92 Å². The number of carbonyl (C=O) groups is 1. The molecule has 0 N–H and O–H groups in total. The fraction of sp³-hybridized carbons (Fsp3) is 0.812. The monoisotopic (exact) mass is 322 g/mol. The molecule has 0 bridgehead atoms. The van der Waals surface area contributed by atoms with Gasteiger partial charge >= 0.3 is 0 Å². The van der Waals surface area contributed by atoms with Gasteiger partial charge in [0, 0.05) is 26.1 Å². The van der Waals surface area contributed by atoms with E-state index in [9.17, 15) is 4.79 Å². The maximum absolute atomic E-state index is 12.6. The molecular weight excluding hydrogens is 296 g/mol. The third-order valence-electron chi connectivity index (χ3n) is 4.52. The lowest BCUT2D eigenvalue weighted by molar-refractivity contribution is -0.141. The Morgan fingerprint density at radius 3 is 2.91 bits per heavy atom. The topological polar surface area (TPSA) is 71.7 Å². The Morgan fingerprint density at radius 1 is 1.30 bits per heavy atom. The second kappa shape index (κ2) is 7.88. The average molecular weight is 322 g/mol. The number of ether oxygens (including phenoxy) is 1. The highest BCUT2D eigenvalue weighted by atomic mass is 16.5. The molecule has 0 aromatic carbocycles. The molecule has 1 atom stereocenters. The molecule has 7 nitrogen and oxygen atoms in total. The van der Waals surface area contributed by atoms with Crippen molar-refractivity contribution in [1.82, 2.24) is 19.9 Å². The van der Waals surface area contributed by atoms with Gasteiger partial charge in [-0.1, -0.05) is 12.1 Å². The summed E-state index contributed by atoms with van der Waals surface area (Å²) in [5.41, 5.74) is 0. The number of piperidine rings is 1. The third kappa shape index (κ3) is 4.29. The van der Waals surface area contributed by atoms with Gasteiger partial charge in [0.05, 0.1) is 25.7 Å². The summed E-state index contributed by atoms with van der Waals surface area (Å²) in [5, 5.41) is 4.00. The van der Waals surface area contributed by atoms with Gasteiger partial charge < -0.3 is 14.2 Å². The highest BCUT2D eigenvalue weighted by Gasteiger charge is 2.30. The van der Waals surface area contributed by atoms with E-state index in [-0.39, 0.29) is 11.8 Å². The van der Waals surface area contributed by atoms with Crippen molar-refractivity contribution in [3.05, 3.63) is 11.7 Å². The van der Waals surface area contributed by atoms with E-state index in [1.54, 1.807) is 0 Å². The molecular formula is C16H26N4O3. The Morgan fingerprint density at radius 2 is 2.13 bits per heavy atom. The summed E-state index contributed by atoms with van der Waals surface area (Å²) in [4.78, 5) is 21.3. The molecule has 23 heavy (non-hydrogen) atoms. The van der Waals surface area contributed by atoms with Crippen LogP contribution >= 0.6 is 0 Å². The van der Waals surface area contributed by atoms with Crippen LogP contribution in [-0.4, -0.2) is 65.2 Å². The zero-order chi connectivity index (χ0) is 16.1. The van der Waals surface area contributed by atoms with Crippen LogP contribution in [0.3, 0.4) is 0 Å². The van der Waals surface area contributed by atoms with Gasteiger partial charge in [0.1, 0.15) is 0 Å². The molecule has 3 rings (SSSR count). The smallest absolute Gasteiger partial charge is 0.240 e. The van der Waals surface area contributed by atoms with Crippen LogP contribution < -0.4 is 0 Å². The minimum Gasteiger partial charge on any atom is -0.378 e. The Hall–Kier alpha value is -1.47.